The van der Waals surface area contributed by atoms with Crippen molar-refractivity contribution in [1.82, 2.24) is 9.88 Å². The zero-order chi connectivity index (χ0) is 26.7. The Hall–Kier alpha value is -3.43. The van der Waals surface area contributed by atoms with Gasteiger partial charge in [-0.25, -0.2) is 4.98 Å². The number of rotatable bonds is 6. The molecule has 0 saturated carbocycles. The zero-order valence-corrected chi connectivity index (χ0v) is 20.3. The summed E-state index contributed by atoms with van der Waals surface area (Å²) in [7, 11) is 0.996. The maximum Gasteiger partial charge on any atom is 0.473 e. The van der Waals surface area contributed by atoms with Gasteiger partial charge in [-0.1, -0.05) is 12.1 Å². The van der Waals surface area contributed by atoms with Crippen LogP contribution in [0, 0.1) is 3.57 Å². The first-order valence-corrected chi connectivity index (χ1v) is 10.9. The summed E-state index contributed by atoms with van der Waals surface area (Å²) in [6, 6.07) is 9.59. The molecule has 0 atom stereocenters. The summed E-state index contributed by atoms with van der Waals surface area (Å²) in [6.07, 6.45) is -6.63. The van der Waals surface area contributed by atoms with Crippen molar-refractivity contribution in [2.24, 2.45) is 5.10 Å². The lowest BCUT2D eigenvalue weighted by atomic mass is 10.1. The highest BCUT2D eigenvalue weighted by molar-refractivity contribution is 14.1. The monoisotopic (exact) mass is 624 g/mol. The third-order valence-electron chi connectivity index (χ3n) is 4.66. The van der Waals surface area contributed by atoms with Gasteiger partial charge in [-0.15, -0.1) is 0 Å². The highest BCUT2D eigenvalue weighted by atomic mass is 127. The number of nitrogens with zero attached hydrogens (tertiary/aromatic N) is 4. The molecule has 190 valence electrons. The lowest BCUT2D eigenvalue weighted by Crippen LogP contribution is -2.38. The minimum atomic E-state index is -5.21. The summed E-state index contributed by atoms with van der Waals surface area (Å²) in [5.41, 5.74) is 0.986. The summed E-state index contributed by atoms with van der Waals surface area (Å²) >= 11 is 1.81. The SMILES string of the molecule is CN(Cc1ccc(/C=N/N(C(=O)C(F)(F)F)c2ccc(-c3cnco3)cc2)cc1I)C(=O)C(F)(F)F. The second-order valence-corrected chi connectivity index (χ2v) is 8.44. The quantitative estimate of drug-likeness (QED) is 0.160. The number of hydrazone groups is 1. The molecule has 0 saturated heterocycles. The Labute approximate surface area is 213 Å². The number of benzene rings is 2. The minimum Gasteiger partial charge on any atom is -0.444 e. The molecule has 14 heteroatoms. The molecule has 0 unspecified atom stereocenters. The number of amides is 2. The molecule has 0 spiro atoms. The van der Waals surface area contributed by atoms with E-state index in [9.17, 15) is 35.9 Å². The number of hydrogen-bond acceptors (Lipinski definition) is 5. The molecule has 0 radical (unpaired) electrons. The highest BCUT2D eigenvalue weighted by Gasteiger charge is 2.43. The molecule has 1 aromatic heterocycles. The standard InChI is InChI=1S/C22H15F6IN4O3/c1-32(19(34)21(23,24)25)11-15-3-2-13(8-17(15)29)9-31-33(20(35)22(26,27)28)16-6-4-14(5-7-16)18-10-30-12-36-18/h2-10,12H,11H2,1H3/b31-9+. The van der Waals surface area contributed by atoms with Gasteiger partial charge >= 0.3 is 24.2 Å². The summed E-state index contributed by atoms with van der Waals surface area (Å²) in [6.45, 7) is -0.343. The molecule has 0 bridgehead atoms. The number of hydrogen-bond donors (Lipinski definition) is 0. The Balaban J connectivity index is 1.84. The molecular weight excluding hydrogens is 609 g/mol. The first-order valence-electron chi connectivity index (χ1n) is 9.82. The van der Waals surface area contributed by atoms with Gasteiger partial charge in [0.05, 0.1) is 18.1 Å². The summed E-state index contributed by atoms with van der Waals surface area (Å²) in [5.74, 6) is -3.87. The van der Waals surface area contributed by atoms with Crippen LogP contribution in [0.3, 0.4) is 0 Å². The van der Waals surface area contributed by atoms with E-state index < -0.39 is 24.2 Å². The lowest BCUT2D eigenvalue weighted by Gasteiger charge is -2.20. The van der Waals surface area contributed by atoms with E-state index in [1.807, 2.05) is 22.6 Å². The van der Waals surface area contributed by atoms with E-state index in [1.54, 1.807) is 0 Å². The molecular formula is C22H15F6IN4O3. The molecule has 1 heterocycles. The molecule has 0 aliphatic carbocycles. The average Bonchev–Trinajstić information content (AvgIpc) is 3.34. The van der Waals surface area contributed by atoms with Crippen LogP contribution in [0.25, 0.3) is 11.3 Å². The fourth-order valence-corrected chi connectivity index (χ4v) is 3.63. The van der Waals surface area contributed by atoms with Gasteiger partial charge in [0.2, 0.25) is 0 Å². The van der Waals surface area contributed by atoms with Crippen LogP contribution in [0.1, 0.15) is 11.1 Å². The van der Waals surface area contributed by atoms with Crippen molar-refractivity contribution in [1.29, 1.82) is 0 Å². The molecule has 36 heavy (non-hydrogen) atoms. The molecule has 0 fully saturated rings. The molecule has 3 rings (SSSR count). The average molecular weight is 624 g/mol. The molecule has 2 aromatic carbocycles. The van der Waals surface area contributed by atoms with E-state index in [0.717, 1.165) is 13.3 Å². The summed E-state index contributed by atoms with van der Waals surface area (Å²) < 4.78 is 82.9. The minimum absolute atomic E-state index is 0.171. The van der Waals surface area contributed by atoms with Gasteiger partial charge in [0.25, 0.3) is 0 Å². The Morgan fingerprint density at radius 1 is 1.03 bits per heavy atom. The number of oxazole rings is 1. The van der Waals surface area contributed by atoms with E-state index in [-0.39, 0.29) is 22.8 Å². The van der Waals surface area contributed by atoms with E-state index in [4.69, 9.17) is 4.42 Å². The molecule has 3 aromatic rings. The summed E-state index contributed by atoms with van der Waals surface area (Å²) in [5, 5.41) is 3.88. The topological polar surface area (TPSA) is 79.0 Å². The van der Waals surface area contributed by atoms with Crippen LogP contribution < -0.4 is 5.01 Å². The van der Waals surface area contributed by atoms with Gasteiger partial charge in [0, 0.05) is 22.7 Å². The Morgan fingerprint density at radius 3 is 2.19 bits per heavy atom. The molecule has 0 N–H and O–H groups in total. The van der Waals surface area contributed by atoms with Gasteiger partial charge < -0.3 is 9.32 Å². The third-order valence-corrected chi connectivity index (χ3v) is 5.66. The lowest BCUT2D eigenvalue weighted by molar-refractivity contribution is -0.184. The number of halogens is 7. The van der Waals surface area contributed by atoms with Gasteiger partial charge in [0.1, 0.15) is 0 Å². The largest absolute Gasteiger partial charge is 0.473 e. The number of aromatic nitrogens is 1. The van der Waals surface area contributed by atoms with Crippen LogP contribution in [0.2, 0.25) is 0 Å². The van der Waals surface area contributed by atoms with Crippen molar-refractivity contribution in [3.05, 3.63) is 69.8 Å². The van der Waals surface area contributed by atoms with Crippen molar-refractivity contribution in [2.45, 2.75) is 18.9 Å². The van der Waals surface area contributed by atoms with Crippen LogP contribution >= 0.6 is 22.6 Å². The van der Waals surface area contributed by atoms with Crippen molar-refractivity contribution < 1.29 is 40.3 Å². The smallest absolute Gasteiger partial charge is 0.444 e. The molecule has 7 nitrogen and oxygen atoms in total. The van der Waals surface area contributed by atoms with Gasteiger partial charge in [-0.2, -0.15) is 36.5 Å². The fraction of sp³-hybridized carbons (Fsp3) is 0.182. The first kappa shape index (κ1) is 27.2. The van der Waals surface area contributed by atoms with Crippen molar-refractivity contribution in [3.63, 3.8) is 0 Å². The second kappa shape index (κ2) is 10.7. The highest BCUT2D eigenvalue weighted by Crippen LogP contribution is 2.27. The van der Waals surface area contributed by atoms with Crippen LogP contribution in [0.5, 0.6) is 0 Å². The maximum absolute atomic E-state index is 13.2. The van der Waals surface area contributed by atoms with Crippen LogP contribution in [-0.2, 0) is 16.1 Å². The molecule has 0 aliphatic heterocycles. The maximum atomic E-state index is 13.2. The Bertz CT molecular complexity index is 1260. The first-order chi connectivity index (χ1) is 16.8. The van der Waals surface area contributed by atoms with Gasteiger partial charge in [-0.3, -0.25) is 9.59 Å². The van der Waals surface area contributed by atoms with Crippen LogP contribution in [-0.4, -0.2) is 47.3 Å². The number of alkyl halides is 6. The van der Waals surface area contributed by atoms with E-state index in [0.29, 0.717) is 25.4 Å². The normalized spacial score (nSPS) is 12.1. The number of carbonyl (C=O) groups is 2. The van der Waals surface area contributed by atoms with Crippen molar-refractivity contribution in [3.8, 4) is 11.3 Å². The van der Waals surface area contributed by atoms with E-state index in [1.165, 1.54) is 55.1 Å². The van der Waals surface area contributed by atoms with Gasteiger partial charge in [0.15, 0.2) is 12.2 Å². The van der Waals surface area contributed by atoms with Crippen molar-refractivity contribution in [2.75, 3.05) is 12.1 Å². The van der Waals surface area contributed by atoms with Gasteiger partial charge in [-0.05, 0) is 64.0 Å². The van der Waals surface area contributed by atoms with E-state index >= 15 is 0 Å². The number of carbonyl (C=O) groups excluding carboxylic acids is 2. The molecule has 0 aliphatic rings. The van der Waals surface area contributed by atoms with E-state index in [2.05, 4.69) is 10.1 Å². The zero-order valence-electron chi connectivity index (χ0n) is 18.1. The Morgan fingerprint density at radius 2 is 1.67 bits per heavy atom. The third kappa shape index (κ3) is 6.61. The fourth-order valence-electron chi connectivity index (χ4n) is 2.92. The van der Waals surface area contributed by atoms with Crippen LogP contribution in [0.15, 0.2) is 64.6 Å². The number of anilines is 1. The predicted octanol–water partition coefficient (Wildman–Crippen LogP) is 5.40. The molecule has 2 amide bonds. The predicted molar refractivity (Wildman–Crippen MR) is 125 cm³/mol. The summed E-state index contributed by atoms with van der Waals surface area (Å²) in [4.78, 5) is 27.6. The Kier molecular flexibility index (Phi) is 8.05. The van der Waals surface area contributed by atoms with Crippen LogP contribution in [0.4, 0.5) is 32.0 Å². The van der Waals surface area contributed by atoms with Crippen molar-refractivity contribution >= 4 is 46.3 Å². The second-order valence-electron chi connectivity index (χ2n) is 7.28.